The van der Waals surface area contributed by atoms with Crippen molar-refractivity contribution in [3.05, 3.63) is 58.4 Å². The van der Waals surface area contributed by atoms with Crippen molar-refractivity contribution in [2.75, 3.05) is 5.32 Å². The lowest BCUT2D eigenvalue weighted by molar-refractivity contribution is 0.574. The molecule has 0 radical (unpaired) electrons. The molecule has 20 heavy (non-hydrogen) atoms. The van der Waals surface area contributed by atoms with Gasteiger partial charge in [-0.1, -0.05) is 12.1 Å². The van der Waals surface area contributed by atoms with Gasteiger partial charge >= 0.3 is 0 Å². The Morgan fingerprint density at radius 2 is 1.85 bits per heavy atom. The first-order valence-electron chi connectivity index (χ1n) is 6.58. The van der Waals surface area contributed by atoms with Crippen molar-refractivity contribution in [1.82, 2.24) is 9.55 Å². The van der Waals surface area contributed by atoms with E-state index in [9.17, 15) is 9.18 Å². The lowest BCUT2D eigenvalue weighted by Crippen LogP contribution is -2.26. The van der Waals surface area contributed by atoms with E-state index in [4.69, 9.17) is 0 Å². The van der Waals surface area contributed by atoms with Gasteiger partial charge in [0.25, 0.3) is 5.56 Å². The summed E-state index contributed by atoms with van der Waals surface area (Å²) < 4.78 is 14.5. The Bertz CT molecular complexity index is 634. The molecule has 1 N–H and O–H groups in total. The van der Waals surface area contributed by atoms with Gasteiger partial charge in [0.2, 0.25) is 0 Å². The second-order valence-corrected chi connectivity index (χ2v) is 5.00. The smallest absolute Gasteiger partial charge is 0.293 e. The standard InChI is InChI=1S/C15H18FN3O/c1-10(2)19-9-8-17-14(15(19)20)18-11(3)12-4-6-13(16)7-5-12/h4-11H,1-3H3,(H,17,18). The summed E-state index contributed by atoms with van der Waals surface area (Å²) in [5.41, 5.74) is 0.740. The summed E-state index contributed by atoms with van der Waals surface area (Å²) >= 11 is 0. The molecule has 1 aromatic heterocycles. The average Bonchev–Trinajstić information content (AvgIpc) is 2.41. The van der Waals surface area contributed by atoms with Crippen LogP contribution in [0.3, 0.4) is 0 Å². The third-order valence-electron chi connectivity index (χ3n) is 3.15. The number of aromatic nitrogens is 2. The van der Waals surface area contributed by atoms with Crippen molar-refractivity contribution < 1.29 is 4.39 Å². The van der Waals surface area contributed by atoms with Crippen LogP contribution in [0.1, 0.15) is 38.4 Å². The fourth-order valence-electron chi connectivity index (χ4n) is 1.97. The van der Waals surface area contributed by atoms with Crippen molar-refractivity contribution in [3.8, 4) is 0 Å². The number of benzene rings is 1. The summed E-state index contributed by atoms with van der Waals surface area (Å²) in [7, 11) is 0. The van der Waals surface area contributed by atoms with E-state index in [1.165, 1.54) is 12.1 Å². The van der Waals surface area contributed by atoms with E-state index in [-0.39, 0.29) is 23.5 Å². The Morgan fingerprint density at radius 1 is 1.20 bits per heavy atom. The first kappa shape index (κ1) is 14.2. The van der Waals surface area contributed by atoms with Gasteiger partial charge in [-0.3, -0.25) is 4.79 Å². The number of rotatable bonds is 4. The second-order valence-electron chi connectivity index (χ2n) is 5.00. The van der Waals surface area contributed by atoms with E-state index in [1.807, 2.05) is 20.8 Å². The molecule has 0 saturated carbocycles. The zero-order chi connectivity index (χ0) is 14.7. The number of halogens is 1. The van der Waals surface area contributed by atoms with Crippen molar-refractivity contribution in [1.29, 1.82) is 0 Å². The quantitative estimate of drug-likeness (QED) is 0.932. The van der Waals surface area contributed by atoms with Crippen LogP contribution in [0.4, 0.5) is 10.2 Å². The number of nitrogens with zero attached hydrogens (tertiary/aromatic N) is 2. The Labute approximate surface area is 117 Å². The summed E-state index contributed by atoms with van der Waals surface area (Å²) in [5, 5.41) is 3.07. The Hall–Kier alpha value is -2.17. The van der Waals surface area contributed by atoms with E-state index in [0.717, 1.165) is 5.56 Å². The summed E-state index contributed by atoms with van der Waals surface area (Å²) in [4.78, 5) is 16.3. The average molecular weight is 275 g/mol. The van der Waals surface area contributed by atoms with E-state index in [0.29, 0.717) is 5.82 Å². The highest BCUT2D eigenvalue weighted by atomic mass is 19.1. The first-order valence-corrected chi connectivity index (χ1v) is 6.58. The minimum atomic E-state index is -0.277. The molecule has 0 fully saturated rings. The molecule has 0 aliphatic rings. The summed E-state index contributed by atoms with van der Waals surface area (Å²) in [6.07, 6.45) is 3.27. The largest absolute Gasteiger partial charge is 0.359 e. The van der Waals surface area contributed by atoms with E-state index in [2.05, 4.69) is 10.3 Å². The molecule has 5 heteroatoms. The third-order valence-corrected chi connectivity index (χ3v) is 3.15. The van der Waals surface area contributed by atoms with E-state index in [1.54, 1.807) is 29.1 Å². The maximum absolute atomic E-state index is 12.9. The summed E-state index contributed by atoms with van der Waals surface area (Å²) in [6.45, 7) is 5.78. The fourth-order valence-corrected chi connectivity index (χ4v) is 1.97. The number of hydrogen-bond donors (Lipinski definition) is 1. The molecule has 1 heterocycles. The molecule has 0 saturated heterocycles. The normalized spacial score (nSPS) is 12.4. The van der Waals surface area contributed by atoms with Gasteiger partial charge in [-0.2, -0.15) is 0 Å². The van der Waals surface area contributed by atoms with Crippen LogP contribution in [-0.2, 0) is 0 Å². The molecule has 1 aromatic carbocycles. The molecular weight excluding hydrogens is 257 g/mol. The minimum Gasteiger partial charge on any atom is -0.359 e. The molecule has 0 bridgehead atoms. The zero-order valence-corrected chi connectivity index (χ0v) is 11.8. The molecule has 0 aliphatic heterocycles. The monoisotopic (exact) mass is 275 g/mol. The van der Waals surface area contributed by atoms with Gasteiger partial charge in [0, 0.05) is 18.4 Å². The van der Waals surface area contributed by atoms with E-state index >= 15 is 0 Å². The lowest BCUT2D eigenvalue weighted by atomic mass is 10.1. The highest BCUT2D eigenvalue weighted by Crippen LogP contribution is 2.16. The van der Waals surface area contributed by atoms with Crippen molar-refractivity contribution in [2.45, 2.75) is 32.9 Å². The SMILES string of the molecule is CC(Nc1nccn(C(C)C)c1=O)c1ccc(F)cc1. The van der Waals surface area contributed by atoms with Crippen molar-refractivity contribution >= 4 is 5.82 Å². The minimum absolute atomic E-state index is 0.0761. The van der Waals surface area contributed by atoms with Gasteiger partial charge in [0.05, 0.1) is 6.04 Å². The number of hydrogen-bond acceptors (Lipinski definition) is 3. The van der Waals surface area contributed by atoms with Gasteiger partial charge in [-0.05, 0) is 38.5 Å². The van der Waals surface area contributed by atoms with Gasteiger partial charge in [0.15, 0.2) is 5.82 Å². The maximum atomic E-state index is 12.9. The first-order chi connectivity index (χ1) is 9.49. The lowest BCUT2D eigenvalue weighted by Gasteiger charge is -2.16. The maximum Gasteiger partial charge on any atom is 0.293 e. The molecule has 1 unspecified atom stereocenters. The van der Waals surface area contributed by atoms with Gasteiger partial charge in [-0.25, -0.2) is 9.37 Å². The molecule has 0 amide bonds. The Morgan fingerprint density at radius 3 is 2.45 bits per heavy atom. The van der Waals surface area contributed by atoms with Crippen LogP contribution in [0.25, 0.3) is 0 Å². The van der Waals surface area contributed by atoms with Gasteiger partial charge in [0.1, 0.15) is 5.82 Å². The molecule has 0 spiro atoms. The fraction of sp³-hybridized carbons (Fsp3) is 0.333. The van der Waals surface area contributed by atoms with Crippen LogP contribution in [0.15, 0.2) is 41.5 Å². The van der Waals surface area contributed by atoms with Crippen LogP contribution >= 0.6 is 0 Å². The van der Waals surface area contributed by atoms with Crippen molar-refractivity contribution in [2.24, 2.45) is 0 Å². The van der Waals surface area contributed by atoms with Crippen molar-refractivity contribution in [3.63, 3.8) is 0 Å². The predicted octanol–water partition coefficient (Wildman–Crippen LogP) is 3.14. The molecule has 106 valence electrons. The summed E-state index contributed by atoms with van der Waals surface area (Å²) in [5.74, 6) is 0.0268. The summed E-state index contributed by atoms with van der Waals surface area (Å²) in [6, 6.07) is 6.14. The third kappa shape index (κ3) is 3.04. The van der Waals surface area contributed by atoms with Crippen LogP contribution in [0.5, 0.6) is 0 Å². The second kappa shape index (κ2) is 5.86. The molecule has 4 nitrogen and oxygen atoms in total. The Kier molecular flexibility index (Phi) is 4.17. The van der Waals surface area contributed by atoms with Gasteiger partial charge < -0.3 is 9.88 Å². The molecule has 0 aliphatic carbocycles. The number of anilines is 1. The van der Waals surface area contributed by atoms with E-state index < -0.39 is 0 Å². The highest BCUT2D eigenvalue weighted by molar-refractivity contribution is 5.36. The highest BCUT2D eigenvalue weighted by Gasteiger charge is 2.11. The molecular formula is C15H18FN3O. The predicted molar refractivity (Wildman–Crippen MR) is 77.3 cm³/mol. The van der Waals surface area contributed by atoms with Crippen LogP contribution in [0, 0.1) is 5.82 Å². The van der Waals surface area contributed by atoms with Gasteiger partial charge in [-0.15, -0.1) is 0 Å². The molecule has 1 atom stereocenters. The van der Waals surface area contributed by atoms with Crippen LogP contribution in [0.2, 0.25) is 0 Å². The molecule has 2 rings (SSSR count). The van der Waals surface area contributed by atoms with Crippen LogP contribution < -0.4 is 10.9 Å². The number of nitrogens with one attached hydrogen (secondary N) is 1. The topological polar surface area (TPSA) is 46.9 Å². The van der Waals surface area contributed by atoms with Crippen LogP contribution in [-0.4, -0.2) is 9.55 Å². The zero-order valence-electron chi connectivity index (χ0n) is 11.8. The Balaban J connectivity index is 2.24. The molecule has 2 aromatic rings.